The summed E-state index contributed by atoms with van der Waals surface area (Å²) in [6, 6.07) is 9.97. The molecule has 0 saturated heterocycles. The number of anilines is 2. The summed E-state index contributed by atoms with van der Waals surface area (Å²) in [5.41, 5.74) is 3.01. The summed E-state index contributed by atoms with van der Waals surface area (Å²) >= 11 is 0. The van der Waals surface area contributed by atoms with Crippen LogP contribution in [-0.2, 0) is 11.3 Å². The number of carbonyl (C=O) groups excluding carboxylic acids is 2. The van der Waals surface area contributed by atoms with Crippen LogP contribution in [0, 0.1) is 0 Å². The molecule has 0 bridgehead atoms. The zero-order chi connectivity index (χ0) is 24.1. The number of aromatic nitrogens is 2. The van der Waals surface area contributed by atoms with E-state index < -0.39 is 6.03 Å². The Kier molecular flexibility index (Phi) is 7.37. The molecule has 1 aliphatic carbocycles. The van der Waals surface area contributed by atoms with Gasteiger partial charge in [-0.15, -0.1) is 0 Å². The van der Waals surface area contributed by atoms with E-state index in [0.29, 0.717) is 41.0 Å². The molecule has 178 valence electrons. The molecule has 4 rings (SSSR count). The van der Waals surface area contributed by atoms with Crippen molar-refractivity contribution in [3.05, 3.63) is 64.2 Å². The van der Waals surface area contributed by atoms with Crippen molar-refractivity contribution in [2.45, 2.75) is 51.5 Å². The summed E-state index contributed by atoms with van der Waals surface area (Å²) in [4.78, 5) is 42.5. The van der Waals surface area contributed by atoms with E-state index >= 15 is 0 Å². The van der Waals surface area contributed by atoms with Crippen LogP contribution in [-0.4, -0.2) is 35.1 Å². The topological polar surface area (TPSA) is 102 Å². The highest BCUT2D eigenvalue weighted by molar-refractivity contribution is 6.03. The van der Waals surface area contributed by atoms with E-state index in [4.69, 9.17) is 4.74 Å². The number of urea groups is 1. The average Bonchev–Trinajstić information content (AvgIpc) is 2.84. The van der Waals surface area contributed by atoms with Crippen molar-refractivity contribution in [2.75, 3.05) is 24.4 Å². The maximum atomic E-state index is 13.4. The van der Waals surface area contributed by atoms with Gasteiger partial charge in [-0.05, 0) is 55.5 Å². The fraction of sp³-hybridized carbons (Fsp3) is 0.385. The minimum Gasteiger partial charge on any atom is -0.383 e. The monoisotopic (exact) mass is 462 g/mol. The predicted molar refractivity (Wildman–Crippen MR) is 133 cm³/mol. The molecule has 2 amide bonds. The van der Waals surface area contributed by atoms with Gasteiger partial charge in [-0.25, -0.2) is 9.78 Å². The summed E-state index contributed by atoms with van der Waals surface area (Å²) < 4.78 is 6.71. The fourth-order valence-corrected chi connectivity index (χ4v) is 4.64. The Balaban J connectivity index is 1.71. The molecule has 34 heavy (non-hydrogen) atoms. The number of fused-ring (bicyclic) bond motifs is 1. The molecule has 1 heterocycles. The normalized spacial score (nSPS) is 14.2. The molecule has 1 fully saturated rings. The molecular weight excluding hydrogens is 432 g/mol. The minimum absolute atomic E-state index is 0.0737. The van der Waals surface area contributed by atoms with Gasteiger partial charge in [-0.2, -0.15) is 0 Å². The van der Waals surface area contributed by atoms with Crippen molar-refractivity contribution in [3.63, 3.8) is 0 Å². The largest absolute Gasteiger partial charge is 0.383 e. The Hall–Kier alpha value is -3.52. The number of hydrogen-bond acceptors (Lipinski definition) is 5. The smallest absolute Gasteiger partial charge is 0.323 e. The molecule has 8 nitrogen and oxygen atoms in total. The molecule has 0 atom stereocenters. The number of ether oxygens (including phenoxy) is 1. The summed E-state index contributed by atoms with van der Waals surface area (Å²) in [7, 11) is 1.60. The van der Waals surface area contributed by atoms with Crippen molar-refractivity contribution < 1.29 is 14.3 Å². The van der Waals surface area contributed by atoms with E-state index in [-0.39, 0.29) is 17.3 Å². The van der Waals surface area contributed by atoms with Gasteiger partial charge < -0.3 is 15.4 Å². The first kappa shape index (κ1) is 23.6. The summed E-state index contributed by atoms with van der Waals surface area (Å²) in [5.74, 6) is 0.0944. The first-order chi connectivity index (χ1) is 16.5. The number of carbonyl (C=O) groups is 2. The maximum Gasteiger partial charge on any atom is 0.323 e. The van der Waals surface area contributed by atoms with Gasteiger partial charge in [0.15, 0.2) is 5.78 Å². The third-order valence-electron chi connectivity index (χ3n) is 6.36. The second-order valence-electron chi connectivity index (χ2n) is 8.71. The molecule has 0 spiro atoms. The number of amides is 2. The Labute approximate surface area is 198 Å². The number of nitrogens with zero attached hydrogens (tertiary/aromatic N) is 2. The SMILES string of the molecule is COCCn1cnc2ccc(NC(=O)Nc3cccc(C(C)=O)c3)c(C3CCCCC3)c2c1=O. The highest BCUT2D eigenvalue weighted by atomic mass is 16.5. The Bertz CT molecular complexity index is 1260. The van der Waals surface area contributed by atoms with Crippen LogP contribution >= 0.6 is 0 Å². The Morgan fingerprint density at radius 3 is 2.65 bits per heavy atom. The van der Waals surface area contributed by atoms with Gasteiger partial charge in [-0.3, -0.25) is 14.2 Å². The highest BCUT2D eigenvalue weighted by Gasteiger charge is 2.24. The van der Waals surface area contributed by atoms with Crippen LogP contribution < -0.4 is 16.2 Å². The fourth-order valence-electron chi connectivity index (χ4n) is 4.64. The lowest BCUT2D eigenvalue weighted by atomic mass is 9.82. The first-order valence-corrected chi connectivity index (χ1v) is 11.7. The molecule has 8 heteroatoms. The lowest BCUT2D eigenvalue weighted by Gasteiger charge is -2.26. The van der Waals surface area contributed by atoms with Crippen LogP contribution in [0.3, 0.4) is 0 Å². The second kappa shape index (κ2) is 10.6. The molecule has 2 N–H and O–H groups in total. The molecule has 3 aromatic rings. The van der Waals surface area contributed by atoms with E-state index in [2.05, 4.69) is 15.6 Å². The van der Waals surface area contributed by atoms with Gasteiger partial charge in [-0.1, -0.05) is 31.4 Å². The first-order valence-electron chi connectivity index (χ1n) is 11.7. The molecule has 2 aromatic carbocycles. The van der Waals surface area contributed by atoms with Crippen LogP contribution in [0.1, 0.15) is 60.9 Å². The van der Waals surface area contributed by atoms with E-state index in [1.54, 1.807) is 48.3 Å². The average molecular weight is 463 g/mol. The van der Waals surface area contributed by atoms with E-state index in [0.717, 1.165) is 31.2 Å². The Morgan fingerprint density at radius 1 is 1.12 bits per heavy atom. The lowest BCUT2D eigenvalue weighted by Crippen LogP contribution is -2.26. The van der Waals surface area contributed by atoms with E-state index in [1.165, 1.54) is 13.3 Å². The van der Waals surface area contributed by atoms with E-state index in [1.807, 2.05) is 6.07 Å². The molecular formula is C26H30N4O4. The molecule has 0 radical (unpaired) electrons. The summed E-state index contributed by atoms with van der Waals surface area (Å²) in [6.45, 7) is 2.30. The van der Waals surface area contributed by atoms with Crippen LogP contribution in [0.2, 0.25) is 0 Å². The quantitative estimate of drug-likeness (QED) is 0.484. The Morgan fingerprint density at radius 2 is 1.91 bits per heavy atom. The van der Waals surface area contributed by atoms with Crippen LogP contribution in [0.15, 0.2) is 47.5 Å². The van der Waals surface area contributed by atoms with E-state index in [9.17, 15) is 14.4 Å². The van der Waals surface area contributed by atoms with Crippen molar-refractivity contribution in [3.8, 4) is 0 Å². The third-order valence-corrected chi connectivity index (χ3v) is 6.36. The standard InChI is InChI=1S/C26H30N4O4/c1-17(31)19-9-6-10-20(15-19)28-26(33)29-22-12-11-21-24(23(22)18-7-4-3-5-8-18)25(32)30(16-27-21)13-14-34-2/h6,9-12,15-16,18H,3-5,7-8,13-14H2,1-2H3,(H2,28,29,33). The third kappa shape index (κ3) is 5.17. The summed E-state index contributed by atoms with van der Waals surface area (Å²) in [5, 5.41) is 6.31. The van der Waals surface area contributed by atoms with Crippen molar-refractivity contribution >= 4 is 34.1 Å². The zero-order valence-corrected chi connectivity index (χ0v) is 19.6. The van der Waals surface area contributed by atoms with Crippen LogP contribution in [0.25, 0.3) is 10.9 Å². The molecule has 0 aliphatic heterocycles. The van der Waals surface area contributed by atoms with Crippen molar-refractivity contribution in [1.29, 1.82) is 0 Å². The minimum atomic E-state index is -0.430. The van der Waals surface area contributed by atoms with Gasteiger partial charge in [0, 0.05) is 24.0 Å². The number of nitrogens with one attached hydrogen (secondary N) is 2. The van der Waals surface area contributed by atoms with Gasteiger partial charge in [0.05, 0.1) is 30.4 Å². The number of methoxy groups -OCH3 is 1. The number of ketones is 1. The number of hydrogen-bond donors (Lipinski definition) is 2. The van der Waals surface area contributed by atoms with Gasteiger partial charge in [0.1, 0.15) is 0 Å². The van der Waals surface area contributed by atoms with Gasteiger partial charge in [0.2, 0.25) is 0 Å². The van der Waals surface area contributed by atoms with Crippen LogP contribution in [0.5, 0.6) is 0 Å². The second-order valence-corrected chi connectivity index (χ2v) is 8.71. The zero-order valence-electron chi connectivity index (χ0n) is 19.6. The van der Waals surface area contributed by atoms with Crippen molar-refractivity contribution in [2.24, 2.45) is 0 Å². The summed E-state index contributed by atoms with van der Waals surface area (Å²) in [6.07, 6.45) is 6.82. The lowest BCUT2D eigenvalue weighted by molar-refractivity contribution is 0.101. The highest BCUT2D eigenvalue weighted by Crippen LogP contribution is 2.39. The number of Topliss-reactive ketones (excluding diaryl/α,β-unsaturated/α-hetero) is 1. The van der Waals surface area contributed by atoms with Gasteiger partial charge >= 0.3 is 6.03 Å². The maximum absolute atomic E-state index is 13.4. The predicted octanol–water partition coefficient (Wildman–Crippen LogP) is 4.94. The van der Waals surface area contributed by atoms with Crippen LogP contribution in [0.4, 0.5) is 16.2 Å². The van der Waals surface area contributed by atoms with Gasteiger partial charge in [0.25, 0.3) is 5.56 Å². The number of benzene rings is 2. The molecule has 1 aliphatic rings. The van der Waals surface area contributed by atoms with Crippen molar-refractivity contribution in [1.82, 2.24) is 9.55 Å². The molecule has 0 unspecified atom stereocenters. The molecule has 1 saturated carbocycles. The number of rotatable bonds is 7. The molecule has 1 aromatic heterocycles.